The third-order valence-electron chi connectivity index (χ3n) is 3.57. The van der Waals surface area contributed by atoms with Gasteiger partial charge >= 0.3 is 5.97 Å². The van der Waals surface area contributed by atoms with Crippen LogP contribution in [0.5, 0.6) is 5.75 Å². The van der Waals surface area contributed by atoms with Gasteiger partial charge in [-0.05, 0) is 36.8 Å². The summed E-state index contributed by atoms with van der Waals surface area (Å²) >= 11 is 0. The highest BCUT2D eigenvalue weighted by Crippen LogP contribution is 2.26. The van der Waals surface area contributed by atoms with Crippen molar-refractivity contribution in [2.75, 3.05) is 13.7 Å². The topological polar surface area (TPSA) is 52.6 Å². The van der Waals surface area contributed by atoms with E-state index >= 15 is 0 Å². The maximum absolute atomic E-state index is 12.8. The predicted molar refractivity (Wildman–Crippen MR) is 87.8 cm³/mol. The van der Waals surface area contributed by atoms with E-state index in [0.29, 0.717) is 17.9 Å². The summed E-state index contributed by atoms with van der Waals surface area (Å²) in [5, 5.41) is 0. The van der Waals surface area contributed by atoms with E-state index in [1.165, 1.54) is 0 Å². The molecule has 2 aromatic carbocycles. The Kier molecular flexibility index (Phi) is 5.92. The van der Waals surface area contributed by atoms with Gasteiger partial charge in [0.1, 0.15) is 5.75 Å². The van der Waals surface area contributed by atoms with Gasteiger partial charge in [0, 0.05) is 5.56 Å². The number of Topliss-reactive ketones (excluding diaryl/α,β-unsaturated/α-hetero) is 1. The number of carbonyl (C=O) groups excluding carboxylic acids is 2. The molecule has 0 saturated carbocycles. The van der Waals surface area contributed by atoms with E-state index in [-0.39, 0.29) is 18.2 Å². The first-order chi connectivity index (χ1) is 11.2. The quantitative estimate of drug-likeness (QED) is 0.579. The van der Waals surface area contributed by atoms with Crippen LogP contribution in [0.15, 0.2) is 54.6 Å². The van der Waals surface area contributed by atoms with E-state index in [9.17, 15) is 9.59 Å². The van der Waals surface area contributed by atoms with Crippen molar-refractivity contribution in [3.05, 3.63) is 65.7 Å². The molecule has 4 heteroatoms. The predicted octanol–water partition coefficient (Wildman–Crippen LogP) is 3.61. The zero-order valence-corrected chi connectivity index (χ0v) is 13.3. The highest BCUT2D eigenvalue weighted by Gasteiger charge is 2.25. The zero-order valence-electron chi connectivity index (χ0n) is 13.3. The fourth-order valence-corrected chi connectivity index (χ4v) is 2.39. The summed E-state index contributed by atoms with van der Waals surface area (Å²) < 4.78 is 10.1. The molecule has 0 radical (unpaired) electrons. The van der Waals surface area contributed by atoms with Crippen LogP contribution in [0.4, 0.5) is 0 Å². The number of hydrogen-bond donors (Lipinski definition) is 0. The van der Waals surface area contributed by atoms with Gasteiger partial charge in [-0.25, -0.2) is 0 Å². The first kappa shape index (κ1) is 16.7. The van der Waals surface area contributed by atoms with Gasteiger partial charge in [-0.1, -0.05) is 30.3 Å². The van der Waals surface area contributed by atoms with Crippen molar-refractivity contribution in [3.8, 4) is 5.75 Å². The van der Waals surface area contributed by atoms with E-state index in [4.69, 9.17) is 9.47 Å². The summed E-state index contributed by atoms with van der Waals surface area (Å²) in [6.45, 7) is 2.05. The average Bonchev–Trinajstić information content (AvgIpc) is 2.60. The zero-order chi connectivity index (χ0) is 16.7. The Morgan fingerprint density at radius 2 is 1.65 bits per heavy atom. The molecule has 0 aliphatic heterocycles. The number of esters is 1. The lowest BCUT2D eigenvalue weighted by atomic mass is 9.88. The molecule has 0 saturated heterocycles. The Hall–Kier alpha value is -2.62. The number of methoxy groups -OCH3 is 1. The number of benzene rings is 2. The molecule has 0 spiro atoms. The molecular formula is C19H20O4. The van der Waals surface area contributed by atoms with Crippen LogP contribution in [0.1, 0.15) is 35.2 Å². The van der Waals surface area contributed by atoms with Gasteiger partial charge in [0.2, 0.25) is 0 Å². The Bertz CT molecular complexity index is 647. The third-order valence-corrected chi connectivity index (χ3v) is 3.57. The SMILES string of the molecule is CCOC(=O)C[C@@H](C(=O)c1ccc(OC)cc1)c1ccccc1. The Balaban J connectivity index is 2.28. The molecule has 0 bridgehead atoms. The highest BCUT2D eigenvalue weighted by molar-refractivity contribution is 6.02. The van der Waals surface area contributed by atoms with Crippen molar-refractivity contribution >= 4 is 11.8 Å². The minimum absolute atomic E-state index is 0.0305. The van der Waals surface area contributed by atoms with Crippen LogP contribution in [0.2, 0.25) is 0 Å². The van der Waals surface area contributed by atoms with E-state index in [1.54, 1.807) is 38.3 Å². The summed E-state index contributed by atoms with van der Waals surface area (Å²) in [6, 6.07) is 16.2. The van der Waals surface area contributed by atoms with Crippen LogP contribution in [0.25, 0.3) is 0 Å². The van der Waals surface area contributed by atoms with Crippen molar-refractivity contribution in [1.82, 2.24) is 0 Å². The van der Waals surface area contributed by atoms with Gasteiger partial charge in [0.05, 0.1) is 26.1 Å². The number of hydrogen-bond acceptors (Lipinski definition) is 4. The van der Waals surface area contributed by atoms with Crippen LogP contribution >= 0.6 is 0 Å². The highest BCUT2D eigenvalue weighted by atomic mass is 16.5. The van der Waals surface area contributed by atoms with Gasteiger partial charge in [0.15, 0.2) is 5.78 Å². The normalized spacial score (nSPS) is 11.6. The van der Waals surface area contributed by atoms with E-state index in [1.807, 2.05) is 30.3 Å². The smallest absolute Gasteiger partial charge is 0.306 e. The maximum atomic E-state index is 12.8. The van der Waals surface area contributed by atoms with E-state index in [2.05, 4.69) is 0 Å². The molecule has 2 aromatic rings. The summed E-state index contributed by atoms with van der Waals surface area (Å²) in [5.41, 5.74) is 1.35. The van der Waals surface area contributed by atoms with Crippen molar-refractivity contribution < 1.29 is 19.1 Å². The molecule has 0 N–H and O–H groups in total. The van der Waals surface area contributed by atoms with Gasteiger partial charge in [-0.3, -0.25) is 9.59 Å². The first-order valence-electron chi connectivity index (χ1n) is 7.54. The molecule has 0 aliphatic carbocycles. The van der Waals surface area contributed by atoms with Crippen LogP contribution in [-0.4, -0.2) is 25.5 Å². The third kappa shape index (κ3) is 4.42. The lowest BCUT2D eigenvalue weighted by Gasteiger charge is -2.16. The second kappa shape index (κ2) is 8.13. The minimum atomic E-state index is -0.552. The number of carbonyl (C=O) groups is 2. The lowest BCUT2D eigenvalue weighted by molar-refractivity contribution is -0.143. The molecule has 0 amide bonds. The fourth-order valence-electron chi connectivity index (χ4n) is 2.39. The van der Waals surface area contributed by atoms with Gasteiger partial charge in [-0.15, -0.1) is 0 Å². The second-order valence-electron chi connectivity index (χ2n) is 5.07. The summed E-state index contributed by atoms with van der Waals surface area (Å²) in [7, 11) is 1.57. The van der Waals surface area contributed by atoms with Gasteiger partial charge in [-0.2, -0.15) is 0 Å². The Morgan fingerprint density at radius 1 is 1.00 bits per heavy atom. The van der Waals surface area contributed by atoms with Crippen LogP contribution in [0.3, 0.4) is 0 Å². The monoisotopic (exact) mass is 312 g/mol. The largest absolute Gasteiger partial charge is 0.497 e. The molecule has 2 rings (SSSR count). The second-order valence-corrected chi connectivity index (χ2v) is 5.07. The summed E-state index contributed by atoms with van der Waals surface area (Å²) in [4.78, 5) is 24.7. The molecular weight excluding hydrogens is 292 g/mol. The van der Waals surface area contributed by atoms with Gasteiger partial charge < -0.3 is 9.47 Å². The minimum Gasteiger partial charge on any atom is -0.497 e. The molecule has 0 aromatic heterocycles. The molecule has 0 fully saturated rings. The molecule has 0 heterocycles. The first-order valence-corrected chi connectivity index (χ1v) is 7.54. The van der Waals surface area contributed by atoms with Crippen molar-refractivity contribution in [2.24, 2.45) is 0 Å². The van der Waals surface area contributed by atoms with Crippen LogP contribution in [-0.2, 0) is 9.53 Å². The molecule has 23 heavy (non-hydrogen) atoms. The summed E-state index contributed by atoms with van der Waals surface area (Å²) in [5.74, 6) is -0.345. The standard InChI is InChI=1S/C19H20O4/c1-3-23-18(20)13-17(14-7-5-4-6-8-14)19(21)15-9-11-16(22-2)12-10-15/h4-12,17H,3,13H2,1-2H3/t17-/m1/s1. The van der Waals surface area contributed by atoms with Crippen LogP contribution < -0.4 is 4.74 Å². The maximum Gasteiger partial charge on any atom is 0.306 e. The van der Waals surface area contributed by atoms with Crippen molar-refractivity contribution in [1.29, 1.82) is 0 Å². The number of ether oxygens (including phenoxy) is 2. The molecule has 0 unspecified atom stereocenters. The number of rotatable bonds is 7. The summed E-state index contributed by atoms with van der Waals surface area (Å²) in [6.07, 6.45) is 0.0305. The fraction of sp³-hybridized carbons (Fsp3) is 0.263. The van der Waals surface area contributed by atoms with Crippen molar-refractivity contribution in [3.63, 3.8) is 0 Å². The molecule has 0 aliphatic rings. The van der Waals surface area contributed by atoms with Gasteiger partial charge in [0.25, 0.3) is 0 Å². The van der Waals surface area contributed by atoms with Crippen LogP contribution in [0, 0.1) is 0 Å². The molecule has 120 valence electrons. The lowest BCUT2D eigenvalue weighted by Crippen LogP contribution is -2.18. The molecule has 4 nitrogen and oxygen atoms in total. The van der Waals surface area contributed by atoms with E-state index < -0.39 is 5.92 Å². The van der Waals surface area contributed by atoms with E-state index in [0.717, 1.165) is 5.56 Å². The average molecular weight is 312 g/mol. The molecule has 1 atom stereocenters. The number of ketones is 1. The van der Waals surface area contributed by atoms with Crippen molar-refractivity contribution in [2.45, 2.75) is 19.3 Å². The Morgan fingerprint density at radius 3 is 2.22 bits per heavy atom. The Labute approximate surface area is 136 Å².